The zero-order valence-electron chi connectivity index (χ0n) is 21.6. The molecule has 0 heterocycles. The molecular formula is C27H44NaO4S. The minimum absolute atomic E-state index is 0. The number of rotatable bonds is 8. The molecule has 0 amide bonds. The van der Waals surface area contributed by atoms with Gasteiger partial charge < -0.3 is 0 Å². The molecule has 0 aromatic carbocycles. The quantitative estimate of drug-likeness (QED) is 0.294. The Kier molecular flexibility index (Phi) is 11.0. The summed E-state index contributed by atoms with van der Waals surface area (Å²) < 4.78 is 36.1. The smallest absolute Gasteiger partial charge is 0.264 e. The molecule has 0 saturated heterocycles. The van der Waals surface area contributed by atoms with E-state index in [1.165, 1.54) is 44.9 Å². The van der Waals surface area contributed by atoms with Crippen LogP contribution in [0.3, 0.4) is 0 Å². The summed E-state index contributed by atoms with van der Waals surface area (Å²) in [5, 5.41) is 0. The van der Waals surface area contributed by atoms with Gasteiger partial charge in [0.05, 0.1) is 6.10 Å². The van der Waals surface area contributed by atoms with E-state index in [-0.39, 0.29) is 29.6 Å². The SMILES string of the molecule is C=C1CCC(OS(=O)(=O)O)C/C1=C/C=C1\CCCC2(C)C1CCC2C(C)CCCC(C)C.[Na]. The molecule has 183 valence electrons. The predicted octanol–water partition coefficient (Wildman–Crippen LogP) is 7.07. The maximum atomic E-state index is 11.1. The topological polar surface area (TPSA) is 63.6 Å². The van der Waals surface area contributed by atoms with E-state index in [0.29, 0.717) is 30.6 Å². The fourth-order valence-electron chi connectivity index (χ4n) is 6.90. The van der Waals surface area contributed by atoms with Crippen molar-refractivity contribution in [3.05, 3.63) is 35.5 Å². The standard InChI is InChI=1S/C27H44O4S.Na/c1-19(2)8-6-9-21(4)25-15-16-26-22(10-7-17-27(25,26)5)12-13-23-18-24(14-11-20(23)3)31-32(28,29)30;/h12-13,19,21,24-26H,3,6-11,14-18H2,1-2,4-5H3,(H,28,29,30);/b22-12+,23-13-;. The molecule has 3 fully saturated rings. The first-order valence-electron chi connectivity index (χ1n) is 12.7. The Labute approximate surface area is 225 Å². The zero-order valence-corrected chi connectivity index (χ0v) is 24.4. The summed E-state index contributed by atoms with van der Waals surface area (Å²) in [4.78, 5) is 0. The van der Waals surface area contributed by atoms with Gasteiger partial charge in [-0.25, -0.2) is 4.18 Å². The van der Waals surface area contributed by atoms with Gasteiger partial charge in [-0.2, -0.15) is 8.42 Å². The van der Waals surface area contributed by atoms with Crippen LogP contribution in [-0.4, -0.2) is 48.6 Å². The van der Waals surface area contributed by atoms with Crippen molar-refractivity contribution < 1.29 is 17.2 Å². The summed E-state index contributed by atoms with van der Waals surface area (Å²) >= 11 is 0. The molecular weight excluding hydrogens is 443 g/mol. The molecule has 5 unspecified atom stereocenters. The van der Waals surface area contributed by atoms with Gasteiger partial charge >= 0.3 is 10.4 Å². The van der Waals surface area contributed by atoms with E-state index >= 15 is 0 Å². The second-order valence-electron chi connectivity index (χ2n) is 11.3. The van der Waals surface area contributed by atoms with Crippen LogP contribution in [0.15, 0.2) is 35.5 Å². The molecule has 4 nitrogen and oxygen atoms in total. The van der Waals surface area contributed by atoms with Gasteiger partial charge in [-0.05, 0) is 79.6 Å². The van der Waals surface area contributed by atoms with Gasteiger partial charge in [0.2, 0.25) is 0 Å². The second kappa shape index (κ2) is 12.4. The van der Waals surface area contributed by atoms with Crippen LogP contribution in [0.5, 0.6) is 0 Å². The van der Waals surface area contributed by atoms with E-state index in [4.69, 9.17) is 8.74 Å². The van der Waals surface area contributed by atoms with Crippen LogP contribution in [0.4, 0.5) is 0 Å². The largest absolute Gasteiger partial charge is 0.397 e. The van der Waals surface area contributed by atoms with Crippen molar-refractivity contribution in [3.8, 4) is 0 Å². The van der Waals surface area contributed by atoms with E-state index in [9.17, 15) is 8.42 Å². The average molecular weight is 488 g/mol. The van der Waals surface area contributed by atoms with Crippen LogP contribution >= 0.6 is 0 Å². The predicted molar refractivity (Wildman–Crippen MR) is 137 cm³/mol. The van der Waals surface area contributed by atoms with Gasteiger partial charge in [-0.3, -0.25) is 4.55 Å². The van der Waals surface area contributed by atoms with E-state index in [2.05, 4.69) is 46.4 Å². The van der Waals surface area contributed by atoms with E-state index in [1.807, 2.05) is 0 Å². The van der Waals surface area contributed by atoms with Gasteiger partial charge in [0.25, 0.3) is 0 Å². The molecule has 3 aliphatic rings. The van der Waals surface area contributed by atoms with Crippen molar-refractivity contribution >= 4 is 40.0 Å². The van der Waals surface area contributed by atoms with E-state index in [0.717, 1.165) is 35.3 Å². The Balaban J connectivity index is 0.00000385. The maximum absolute atomic E-state index is 11.1. The number of hydrogen-bond acceptors (Lipinski definition) is 3. The first-order chi connectivity index (χ1) is 15.0. The van der Waals surface area contributed by atoms with Gasteiger partial charge in [-0.1, -0.05) is 76.8 Å². The third-order valence-electron chi connectivity index (χ3n) is 8.59. The molecule has 0 aromatic heterocycles. The molecule has 3 rings (SSSR count). The summed E-state index contributed by atoms with van der Waals surface area (Å²) in [6.45, 7) is 13.9. The first-order valence-corrected chi connectivity index (χ1v) is 14.1. The Hall–Kier alpha value is 0.0900. The van der Waals surface area contributed by atoms with Crippen molar-refractivity contribution in [2.45, 2.75) is 104 Å². The van der Waals surface area contributed by atoms with Crippen LogP contribution in [0.25, 0.3) is 0 Å². The van der Waals surface area contributed by atoms with E-state index < -0.39 is 16.5 Å². The van der Waals surface area contributed by atoms with Crippen molar-refractivity contribution in [2.75, 3.05) is 0 Å². The molecule has 0 bridgehead atoms. The fourth-order valence-corrected chi connectivity index (χ4v) is 7.41. The van der Waals surface area contributed by atoms with Crippen molar-refractivity contribution in [1.29, 1.82) is 0 Å². The molecule has 5 atom stereocenters. The van der Waals surface area contributed by atoms with Gasteiger partial charge in [0, 0.05) is 36.0 Å². The van der Waals surface area contributed by atoms with Crippen LogP contribution in [-0.2, 0) is 14.6 Å². The third kappa shape index (κ3) is 7.79. The van der Waals surface area contributed by atoms with Crippen LogP contribution < -0.4 is 0 Å². The third-order valence-corrected chi connectivity index (χ3v) is 9.11. The summed E-state index contributed by atoms with van der Waals surface area (Å²) in [5.74, 6) is 3.06. The molecule has 1 N–H and O–H groups in total. The van der Waals surface area contributed by atoms with Crippen LogP contribution in [0.2, 0.25) is 0 Å². The summed E-state index contributed by atoms with van der Waals surface area (Å²) in [6, 6.07) is 0. The van der Waals surface area contributed by atoms with Crippen molar-refractivity contribution in [1.82, 2.24) is 0 Å². The Morgan fingerprint density at radius 1 is 1.15 bits per heavy atom. The van der Waals surface area contributed by atoms with Crippen molar-refractivity contribution in [2.24, 2.45) is 29.1 Å². The Morgan fingerprint density at radius 3 is 2.55 bits per heavy atom. The molecule has 3 aliphatic carbocycles. The molecule has 6 heteroatoms. The van der Waals surface area contributed by atoms with Crippen LogP contribution in [0, 0.1) is 29.1 Å². The maximum Gasteiger partial charge on any atom is 0.397 e. The number of hydrogen-bond donors (Lipinski definition) is 1. The monoisotopic (exact) mass is 487 g/mol. The average Bonchev–Trinajstić information content (AvgIpc) is 3.04. The molecule has 0 aliphatic heterocycles. The number of allylic oxidation sites excluding steroid dienone is 4. The van der Waals surface area contributed by atoms with Crippen molar-refractivity contribution in [3.63, 3.8) is 0 Å². The zero-order chi connectivity index (χ0) is 23.5. The normalized spacial score (nSPS) is 33.9. The minimum atomic E-state index is -4.42. The summed E-state index contributed by atoms with van der Waals surface area (Å²) in [7, 11) is -4.42. The number of fused-ring (bicyclic) bond motifs is 1. The molecule has 0 aromatic rings. The molecule has 1 radical (unpaired) electrons. The summed E-state index contributed by atoms with van der Waals surface area (Å²) in [5.41, 5.74) is 4.08. The van der Waals surface area contributed by atoms with Gasteiger partial charge in [-0.15, -0.1) is 0 Å². The van der Waals surface area contributed by atoms with E-state index in [1.54, 1.807) is 5.57 Å². The summed E-state index contributed by atoms with van der Waals surface area (Å²) in [6.07, 6.45) is 16.1. The Bertz CT molecular complexity index is 844. The van der Waals surface area contributed by atoms with Gasteiger partial charge in [0.1, 0.15) is 0 Å². The first kappa shape index (κ1) is 29.3. The minimum Gasteiger partial charge on any atom is -0.264 e. The fraction of sp³-hybridized carbons (Fsp3) is 0.778. The Morgan fingerprint density at radius 2 is 1.88 bits per heavy atom. The van der Waals surface area contributed by atoms with Crippen LogP contribution in [0.1, 0.15) is 98.3 Å². The molecule has 3 saturated carbocycles. The molecule has 0 spiro atoms. The second-order valence-corrected chi connectivity index (χ2v) is 12.4. The molecule has 33 heavy (non-hydrogen) atoms. The van der Waals surface area contributed by atoms with Gasteiger partial charge in [0.15, 0.2) is 0 Å².